The number of carbonyl (C=O) groups is 1. The molecule has 1 atom stereocenters. The Morgan fingerprint density at radius 2 is 2.27 bits per heavy atom. The van der Waals surface area contributed by atoms with Crippen molar-refractivity contribution in [2.45, 2.75) is 25.9 Å². The third-order valence-corrected chi connectivity index (χ3v) is 5.44. The van der Waals surface area contributed by atoms with Crippen LogP contribution < -0.4 is 10.2 Å². The Bertz CT molecular complexity index is 690. The summed E-state index contributed by atoms with van der Waals surface area (Å²) in [6.07, 6.45) is 2.39. The standard InChI is InChI=1S/C19H26N4O2S/c1-2-20-19(25)16-3-4-18(21-11-16)23-8-7-22(17(13-23)5-9-24)12-15-6-10-26-14-15/h3-4,6,10-11,14,17,24H,2,5,7-9,12-13H2,1H3,(H,20,25). The molecule has 2 aromatic heterocycles. The van der Waals surface area contributed by atoms with Gasteiger partial charge >= 0.3 is 0 Å². The van der Waals surface area contributed by atoms with Crippen LogP contribution in [0.3, 0.4) is 0 Å². The van der Waals surface area contributed by atoms with Crippen molar-refractivity contribution in [2.24, 2.45) is 0 Å². The highest BCUT2D eigenvalue weighted by Crippen LogP contribution is 2.21. The molecule has 0 aliphatic carbocycles. The third-order valence-electron chi connectivity index (χ3n) is 4.70. The van der Waals surface area contributed by atoms with Crippen molar-refractivity contribution < 1.29 is 9.90 Å². The molecule has 1 unspecified atom stereocenters. The first kappa shape index (κ1) is 18.8. The van der Waals surface area contributed by atoms with E-state index >= 15 is 0 Å². The number of hydrogen-bond acceptors (Lipinski definition) is 6. The zero-order valence-corrected chi connectivity index (χ0v) is 15.9. The van der Waals surface area contributed by atoms with E-state index in [2.05, 4.69) is 36.9 Å². The minimum atomic E-state index is -0.0923. The van der Waals surface area contributed by atoms with Crippen molar-refractivity contribution in [1.29, 1.82) is 0 Å². The van der Waals surface area contributed by atoms with Gasteiger partial charge in [-0.25, -0.2) is 4.98 Å². The van der Waals surface area contributed by atoms with Gasteiger partial charge < -0.3 is 15.3 Å². The van der Waals surface area contributed by atoms with E-state index in [9.17, 15) is 9.90 Å². The number of piperazine rings is 1. The van der Waals surface area contributed by atoms with E-state index in [4.69, 9.17) is 0 Å². The summed E-state index contributed by atoms with van der Waals surface area (Å²) in [6.45, 7) is 6.26. The second kappa shape index (κ2) is 9.12. The maximum atomic E-state index is 11.9. The molecular formula is C19H26N4O2S. The van der Waals surface area contributed by atoms with Crippen LogP contribution in [0.25, 0.3) is 0 Å². The molecule has 2 N–H and O–H groups in total. The molecule has 6 nitrogen and oxygen atoms in total. The molecule has 3 rings (SSSR count). The molecule has 1 fully saturated rings. The predicted octanol–water partition coefficient (Wildman–Crippen LogP) is 1.97. The van der Waals surface area contributed by atoms with Gasteiger partial charge in [-0.3, -0.25) is 9.69 Å². The van der Waals surface area contributed by atoms with Crippen LogP contribution in [0.1, 0.15) is 29.3 Å². The third kappa shape index (κ3) is 4.60. The number of hydrogen-bond donors (Lipinski definition) is 2. The zero-order chi connectivity index (χ0) is 18.4. The second-order valence-corrected chi connectivity index (χ2v) is 7.26. The van der Waals surface area contributed by atoms with Crippen molar-refractivity contribution in [2.75, 3.05) is 37.7 Å². The largest absolute Gasteiger partial charge is 0.396 e. The number of pyridine rings is 1. The van der Waals surface area contributed by atoms with Crippen molar-refractivity contribution in [3.63, 3.8) is 0 Å². The summed E-state index contributed by atoms with van der Waals surface area (Å²) in [5, 5.41) is 16.5. The fourth-order valence-electron chi connectivity index (χ4n) is 3.32. The van der Waals surface area contributed by atoms with E-state index in [1.54, 1.807) is 17.5 Å². The quantitative estimate of drug-likeness (QED) is 0.775. The number of amides is 1. The van der Waals surface area contributed by atoms with E-state index in [-0.39, 0.29) is 12.5 Å². The van der Waals surface area contributed by atoms with Crippen molar-refractivity contribution in [1.82, 2.24) is 15.2 Å². The Hall–Kier alpha value is -1.96. The molecule has 3 heterocycles. The molecule has 0 bridgehead atoms. The van der Waals surface area contributed by atoms with Crippen LogP contribution in [0.4, 0.5) is 5.82 Å². The molecule has 0 spiro atoms. The molecule has 1 aliphatic rings. The SMILES string of the molecule is CCNC(=O)c1ccc(N2CCN(Cc3ccsc3)C(CCO)C2)nc1. The number of rotatable bonds is 7. The molecule has 140 valence electrons. The van der Waals surface area contributed by atoms with Gasteiger partial charge in [0.1, 0.15) is 5.82 Å². The summed E-state index contributed by atoms with van der Waals surface area (Å²) in [4.78, 5) is 21.0. The van der Waals surface area contributed by atoms with Crippen LogP contribution in [-0.4, -0.2) is 59.7 Å². The van der Waals surface area contributed by atoms with Crippen molar-refractivity contribution in [3.8, 4) is 0 Å². The minimum absolute atomic E-state index is 0.0923. The van der Waals surface area contributed by atoms with Crippen molar-refractivity contribution >= 4 is 23.1 Å². The topological polar surface area (TPSA) is 68.7 Å². The molecule has 0 saturated carbocycles. The number of aliphatic hydroxyl groups is 1. The van der Waals surface area contributed by atoms with Gasteiger partial charge in [0.2, 0.25) is 0 Å². The van der Waals surface area contributed by atoms with Crippen LogP contribution in [0.15, 0.2) is 35.2 Å². The monoisotopic (exact) mass is 374 g/mol. The predicted molar refractivity (Wildman–Crippen MR) is 105 cm³/mol. The van der Waals surface area contributed by atoms with Gasteiger partial charge in [-0.05, 0) is 47.9 Å². The zero-order valence-electron chi connectivity index (χ0n) is 15.1. The van der Waals surface area contributed by atoms with Gasteiger partial charge in [-0.15, -0.1) is 0 Å². The van der Waals surface area contributed by atoms with Crippen molar-refractivity contribution in [3.05, 3.63) is 46.3 Å². The lowest BCUT2D eigenvalue weighted by atomic mass is 10.1. The van der Waals surface area contributed by atoms with E-state index in [1.165, 1.54) is 5.56 Å². The van der Waals surface area contributed by atoms with Crippen LogP contribution >= 0.6 is 11.3 Å². The average molecular weight is 375 g/mol. The number of aromatic nitrogens is 1. The first-order valence-corrected chi connectivity index (χ1v) is 10.0. The van der Waals surface area contributed by atoms with Gasteiger partial charge in [-0.2, -0.15) is 11.3 Å². The number of carbonyl (C=O) groups excluding carboxylic acids is 1. The van der Waals surface area contributed by atoms with Gasteiger partial charge in [0.25, 0.3) is 5.91 Å². The highest BCUT2D eigenvalue weighted by Gasteiger charge is 2.27. The van der Waals surface area contributed by atoms with Crippen LogP contribution in [0.2, 0.25) is 0 Å². The lowest BCUT2D eigenvalue weighted by Gasteiger charge is -2.42. The first-order valence-electron chi connectivity index (χ1n) is 9.06. The molecule has 2 aromatic rings. The highest BCUT2D eigenvalue weighted by atomic mass is 32.1. The lowest BCUT2D eigenvalue weighted by Crippen LogP contribution is -2.53. The van der Waals surface area contributed by atoms with E-state index in [1.807, 2.05) is 19.1 Å². The summed E-state index contributed by atoms with van der Waals surface area (Å²) < 4.78 is 0. The molecular weight excluding hydrogens is 348 g/mol. The summed E-state index contributed by atoms with van der Waals surface area (Å²) in [5.41, 5.74) is 1.91. The second-order valence-electron chi connectivity index (χ2n) is 6.48. The molecule has 1 saturated heterocycles. The van der Waals surface area contributed by atoms with Gasteiger partial charge in [0.15, 0.2) is 0 Å². The Kier molecular flexibility index (Phi) is 6.60. The van der Waals surface area contributed by atoms with E-state index in [0.717, 1.165) is 38.4 Å². The summed E-state index contributed by atoms with van der Waals surface area (Å²) in [7, 11) is 0. The summed E-state index contributed by atoms with van der Waals surface area (Å²) >= 11 is 1.72. The Balaban J connectivity index is 1.65. The van der Waals surface area contributed by atoms with Crippen LogP contribution in [-0.2, 0) is 6.54 Å². The molecule has 0 aromatic carbocycles. The first-order chi connectivity index (χ1) is 12.7. The molecule has 7 heteroatoms. The minimum Gasteiger partial charge on any atom is -0.396 e. The number of nitrogens with zero attached hydrogens (tertiary/aromatic N) is 3. The normalized spacial score (nSPS) is 18.1. The van der Waals surface area contributed by atoms with E-state index < -0.39 is 0 Å². The van der Waals surface area contributed by atoms with Gasteiger partial charge in [0, 0.05) is 51.6 Å². The van der Waals surface area contributed by atoms with Crippen LogP contribution in [0.5, 0.6) is 0 Å². The Labute approximate surface area is 158 Å². The number of anilines is 1. The maximum absolute atomic E-state index is 11.9. The average Bonchev–Trinajstić information content (AvgIpc) is 3.17. The Morgan fingerprint density at radius 3 is 2.92 bits per heavy atom. The number of thiophene rings is 1. The van der Waals surface area contributed by atoms with Gasteiger partial charge in [-0.1, -0.05) is 0 Å². The smallest absolute Gasteiger partial charge is 0.252 e. The maximum Gasteiger partial charge on any atom is 0.252 e. The summed E-state index contributed by atoms with van der Waals surface area (Å²) in [5.74, 6) is 0.793. The van der Waals surface area contributed by atoms with E-state index in [0.29, 0.717) is 18.2 Å². The lowest BCUT2D eigenvalue weighted by molar-refractivity contribution is 0.0955. The summed E-state index contributed by atoms with van der Waals surface area (Å²) in [6, 6.07) is 6.19. The van der Waals surface area contributed by atoms with Crippen LogP contribution in [0, 0.1) is 0 Å². The molecule has 26 heavy (non-hydrogen) atoms. The Morgan fingerprint density at radius 1 is 1.38 bits per heavy atom. The molecule has 1 aliphatic heterocycles. The van der Waals surface area contributed by atoms with Gasteiger partial charge in [0.05, 0.1) is 5.56 Å². The molecule has 1 amide bonds. The molecule has 0 radical (unpaired) electrons. The fraction of sp³-hybridized carbons (Fsp3) is 0.474. The number of aliphatic hydroxyl groups excluding tert-OH is 1. The fourth-order valence-corrected chi connectivity index (χ4v) is 3.98. The number of nitrogens with one attached hydrogen (secondary N) is 1. The highest BCUT2D eigenvalue weighted by molar-refractivity contribution is 7.07.